The van der Waals surface area contributed by atoms with Crippen molar-refractivity contribution in [3.05, 3.63) is 0 Å². The van der Waals surface area contributed by atoms with Gasteiger partial charge in [0.1, 0.15) is 36.6 Å². The molecule has 157 valence electrons. The first-order chi connectivity index (χ1) is 12.5. The van der Waals surface area contributed by atoms with Crippen LogP contribution in [0.15, 0.2) is 0 Å². The molecule has 0 bridgehead atoms. The maximum atomic E-state index is 11.4. The van der Waals surface area contributed by atoms with Crippen LogP contribution in [0.25, 0.3) is 0 Å². The van der Waals surface area contributed by atoms with Crippen LogP contribution in [0, 0.1) is 0 Å². The number of hydrogen-bond donors (Lipinski definition) is 10. The smallest absolute Gasteiger partial charge is 0.498 e. The van der Waals surface area contributed by atoms with Crippen molar-refractivity contribution in [2.24, 2.45) is 0 Å². The summed E-state index contributed by atoms with van der Waals surface area (Å²) in [6.07, 6.45) is -17.4. The summed E-state index contributed by atoms with van der Waals surface area (Å²) in [6.45, 7) is -1.97. The van der Waals surface area contributed by atoms with Crippen molar-refractivity contribution in [3.63, 3.8) is 0 Å². The molecule has 10 N–H and O–H groups in total. The van der Waals surface area contributed by atoms with Gasteiger partial charge >= 0.3 is 19.6 Å². The van der Waals surface area contributed by atoms with Crippen LogP contribution >= 0.6 is 0 Å². The highest BCUT2D eigenvalue weighted by Gasteiger charge is 2.37. The van der Waals surface area contributed by atoms with Crippen LogP contribution in [0.2, 0.25) is 0 Å². The zero-order valence-corrected chi connectivity index (χ0v) is 13.7. The van der Waals surface area contributed by atoms with Gasteiger partial charge in [0.2, 0.25) is 0 Å². The zero-order chi connectivity index (χ0) is 21.3. The Bertz CT molecular complexity index is 423. The van der Waals surface area contributed by atoms with E-state index in [1.54, 1.807) is 0 Å². The van der Waals surface area contributed by atoms with E-state index >= 15 is 0 Å². The molecule has 0 amide bonds. The monoisotopic (exact) mass is 401 g/mol. The number of carbonyl (C=O) groups is 2. The molecule has 0 spiro atoms. The van der Waals surface area contributed by atoms with E-state index in [0.717, 1.165) is 0 Å². The molecule has 0 unspecified atom stereocenters. The predicted molar refractivity (Wildman–Crippen MR) is 80.2 cm³/mol. The van der Waals surface area contributed by atoms with Crippen LogP contribution in [-0.4, -0.2) is 133 Å². The molecule has 0 aliphatic carbocycles. The fraction of sp³-hybridized carbons (Fsp3) is 0.833. The van der Waals surface area contributed by atoms with E-state index in [1.165, 1.54) is 0 Å². The maximum absolute atomic E-state index is 11.4. The summed E-state index contributed by atoms with van der Waals surface area (Å²) in [7, 11) is -0.0136. The van der Waals surface area contributed by atoms with Crippen molar-refractivity contribution < 1.29 is 70.0 Å². The third-order valence-electron chi connectivity index (χ3n) is 3.32. The van der Waals surface area contributed by atoms with Gasteiger partial charge in [-0.15, -0.1) is 0 Å². The first kappa shape index (κ1) is 25.6. The Labute approximate surface area is 152 Å². The molecule has 0 saturated carbocycles. The highest BCUT2D eigenvalue weighted by atomic mass is 16.6. The lowest BCUT2D eigenvalue weighted by Crippen LogP contribution is -2.50. The minimum Gasteiger partial charge on any atom is -0.498 e. The first-order valence-electron chi connectivity index (χ1n) is 7.38. The van der Waals surface area contributed by atoms with Crippen LogP contribution in [0.3, 0.4) is 0 Å². The summed E-state index contributed by atoms with van der Waals surface area (Å²) in [5.41, 5.74) is 0. The lowest BCUT2D eigenvalue weighted by Gasteiger charge is -2.25. The van der Waals surface area contributed by atoms with Crippen LogP contribution in [-0.2, 0) is 18.9 Å². The summed E-state index contributed by atoms with van der Waals surface area (Å²) in [4.78, 5) is 22.8. The average molecular weight is 401 g/mol. The van der Waals surface area contributed by atoms with Crippen LogP contribution in [0.4, 0.5) is 0 Å². The molecular weight excluding hydrogens is 379 g/mol. The number of aliphatic hydroxyl groups is 10. The van der Waals surface area contributed by atoms with Gasteiger partial charge in [-0.1, -0.05) is 0 Å². The predicted octanol–water partition coefficient (Wildman–Crippen LogP) is -7.52. The van der Waals surface area contributed by atoms with Crippen molar-refractivity contribution in [1.29, 1.82) is 0 Å². The van der Waals surface area contributed by atoms with Gasteiger partial charge < -0.3 is 60.4 Å². The minimum absolute atomic E-state index is 0.0136. The topological polar surface area (TPSA) is 255 Å². The summed E-state index contributed by atoms with van der Waals surface area (Å²) in [5.74, 6) is -3.32. The summed E-state index contributed by atoms with van der Waals surface area (Å²) < 4.78 is 8.20. The molecule has 0 fully saturated rings. The zero-order valence-electron chi connectivity index (χ0n) is 13.7. The van der Waals surface area contributed by atoms with Gasteiger partial charge in [0.25, 0.3) is 0 Å². The van der Waals surface area contributed by atoms with E-state index in [2.05, 4.69) is 9.31 Å². The van der Waals surface area contributed by atoms with Gasteiger partial charge in [-0.2, -0.15) is 0 Å². The molecule has 0 heterocycles. The van der Waals surface area contributed by atoms with E-state index in [0.29, 0.717) is 0 Å². The van der Waals surface area contributed by atoms with Gasteiger partial charge in [-0.25, -0.2) is 0 Å². The van der Waals surface area contributed by atoms with Gasteiger partial charge in [-0.05, 0) is 0 Å². The Kier molecular flexibility index (Phi) is 11.5. The van der Waals surface area contributed by atoms with Crippen molar-refractivity contribution in [1.82, 2.24) is 0 Å². The van der Waals surface area contributed by atoms with Crippen molar-refractivity contribution >= 4 is 19.6 Å². The average Bonchev–Trinajstić information content (AvgIpc) is 2.68. The van der Waals surface area contributed by atoms with Crippen LogP contribution in [0.5, 0.6) is 0 Å². The van der Waals surface area contributed by atoms with Gasteiger partial charge in [0.05, 0.1) is 13.2 Å². The SMILES string of the molecule is O=C(O[B]OC(=O)[C@H](O)[C@@H](O)[C@H](O)[C@H](O)CO)[C@H](O)[C@@H](O)[C@H](O)[C@H](O)CO. The Hall–Kier alpha value is -1.40. The lowest BCUT2D eigenvalue weighted by atomic mass is 10.0. The molecular formula is C12H22BO14. The largest absolute Gasteiger partial charge is 0.662 e. The molecule has 1 radical (unpaired) electrons. The molecule has 0 aromatic rings. The number of rotatable bonds is 12. The molecule has 0 aliphatic rings. The van der Waals surface area contributed by atoms with Crippen molar-refractivity contribution in [2.75, 3.05) is 13.2 Å². The van der Waals surface area contributed by atoms with E-state index in [4.69, 9.17) is 20.4 Å². The molecule has 15 heteroatoms. The number of hydrogen-bond acceptors (Lipinski definition) is 14. The normalized spacial score (nSPS) is 20.4. The highest BCUT2D eigenvalue weighted by Crippen LogP contribution is 2.08. The molecule has 0 rings (SSSR count). The van der Waals surface area contributed by atoms with Crippen molar-refractivity contribution in [2.45, 2.75) is 48.8 Å². The molecule has 14 nitrogen and oxygen atoms in total. The molecule has 0 aliphatic heterocycles. The molecule has 0 aromatic carbocycles. The minimum atomic E-state index is -2.42. The van der Waals surface area contributed by atoms with Gasteiger partial charge in [0.15, 0.2) is 12.2 Å². The molecule has 0 saturated heterocycles. The van der Waals surface area contributed by atoms with Crippen LogP contribution in [0.1, 0.15) is 0 Å². The maximum Gasteiger partial charge on any atom is 0.662 e. The second kappa shape index (κ2) is 12.1. The Morgan fingerprint density at radius 3 is 1.19 bits per heavy atom. The third-order valence-corrected chi connectivity index (χ3v) is 3.32. The summed E-state index contributed by atoms with van der Waals surface area (Å²) >= 11 is 0. The van der Waals surface area contributed by atoms with Gasteiger partial charge in [0, 0.05) is 0 Å². The highest BCUT2D eigenvalue weighted by molar-refractivity contribution is 6.26. The second-order valence-electron chi connectivity index (χ2n) is 5.32. The molecule has 8 atom stereocenters. The fourth-order valence-electron chi connectivity index (χ4n) is 1.58. The summed E-state index contributed by atoms with van der Waals surface area (Å²) in [6, 6.07) is 0. The number of carbonyl (C=O) groups excluding carboxylic acids is 2. The van der Waals surface area contributed by atoms with Crippen molar-refractivity contribution in [3.8, 4) is 0 Å². The fourth-order valence-corrected chi connectivity index (χ4v) is 1.58. The Morgan fingerprint density at radius 1 is 0.630 bits per heavy atom. The van der Waals surface area contributed by atoms with Gasteiger partial charge in [-0.3, -0.25) is 9.59 Å². The van der Waals surface area contributed by atoms with Crippen LogP contribution < -0.4 is 0 Å². The standard InChI is InChI=1S/C12H22BO14/c14-1-3(16)5(18)7(20)9(22)11(24)26-13-27-12(25)10(23)8(21)6(19)4(17)2-15/h3-10,14-23H,1-2H2/t3-,4-,5-,6-,7+,8+,9-,10-/m1/s1. The van der Waals surface area contributed by atoms with E-state index < -0.39 is 74.0 Å². The van der Waals surface area contributed by atoms with E-state index in [9.17, 15) is 40.2 Å². The molecule has 0 aromatic heterocycles. The lowest BCUT2D eigenvalue weighted by molar-refractivity contribution is -0.166. The molecule has 27 heavy (non-hydrogen) atoms. The summed E-state index contributed by atoms with van der Waals surface area (Å²) in [5, 5.41) is 91.7. The second-order valence-corrected chi connectivity index (χ2v) is 5.32. The Balaban J connectivity index is 4.48. The first-order valence-corrected chi connectivity index (χ1v) is 7.38. The van der Waals surface area contributed by atoms with E-state index in [1.807, 2.05) is 0 Å². The van der Waals surface area contributed by atoms with E-state index in [-0.39, 0.29) is 7.69 Å². The Morgan fingerprint density at radius 2 is 0.926 bits per heavy atom. The number of aliphatic hydroxyl groups excluding tert-OH is 10. The quantitative estimate of drug-likeness (QED) is 0.136. The third kappa shape index (κ3) is 7.63.